The first-order valence-electron chi connectivity index (χ1n) is 15.1. The van der Waals surface area contributed by atoms with Gasteiger partial charge >= 0.3 is 0 Å². The van der Waals surface area contributed by atoms with E-state index in [-0.39, 0.29) is 0 Å². The van der Waals surface area contributed by atoms with Crippen molar-refractivity contribution >= 4 is 60.7 Å². The van der Waals surface area contributed by atoms with Crippen LogP contribution >= 0.6 is 0 Å². The Morgan fingerprint density at radius 3 is 2.05 bits per heavy atom. The monoisotopic (exact) mass is 564 g/mol. The van der Waals surface area contributed by atoms with Crippen LogP contribution < -0.4 is 10.2 Å². The van der Waals surface area contributed by atoms with Crippen molar-refractivity contribution in [3.8, 4) is 11.1 Å². The molecule has 7 aromatic carbocycles. The molecule has 0 bridgehead atoms. The lowest BCUT2D eigenvalue weighted by molar-refractivity contribution is 0.525. The van der Waals surface area contributed by atoms with Gasteiger partial charge in [0, 0.05) is 22.3 Å². The molecule has 3 heteroatoms. The van der Waals surface area contributed by atoms with Crippen molar-refractivity contribution in [2.24, 2.45) is 0 Å². The lowest BCUT2D eigenvalue weighted by Crippen LogP contribution is -2.30. The Morgan fingerprint density at radius 2 is 1.18 bits per heavy atom. The van der Waals surface area contributed by atoms with E-state index in [1.165, 1.54) is 43.4 Å². The molecule has 1 N–H and O–H groups in total. The minimum Gasteiger partial charge on any atom is -0.459 e. The maximum atomic E-state index is 6.20. The van der Waals surface area contributed by atoms with Crippen LogP contribution in [0.1, 0.15) is 11.3 Å². The normalized spacial score (nSPS) is 12.8. The third-order valence-electron chi connectivity index (χ3n) is 8.86. The van der Waals surface area contributed by atoms with E-state index >= 15 is 0 Å². The predicted molar refractivity (Wildman–Crippen MR) is 184 cm³/mol. The molecule has 0 saturated heterocycles. The van der Waals surface area contributed by atoms with Crippen LogP contribution in [0, 0.1) is 0 Å². The first-order chi connectivity index (χ1) is 21.8. The first-order valence-corrected chi connectivity index (χ1v) is 15.1. The van der Waals surface area contributed by atoms with Gasteiger partial charge in [-0.05, 0) is 79.9 Å². The van der Waals surface area contributed by atoms with Gasteiger partial charge in [0.2, 0.25) is 0 Å². The summed E-state index contributed by atoms with van der Waals surface area (Å²) in [6, 6.07) is 52.1. The fourth-order valence-electron chi connectivity index (χ4n) is 6.73. The molecule has 0 atom stereocenters. The van der Waals surface area contributed by atoms with E-state index in [0.717, 1.165) is 39.5 Å². The highest BCUT2D eigenvalue weighted by Gasteiger charge is 2.23. The third kappa shape index (κ3) is 3.98. The standard InChI is InChI=1S/C41H28N2O/c1-2-8-27(9-3-1)28-18-20-32(21-19-28)43(40-25-37-36-12-6-7-13-38(36)44-39(37)26-42-40)33-22-23-35-31(24-33)17-16-30-15-14-29-10-4-5-11-34(29)41(30)35/h1-25,42H,26H2. The molecule has 44 heavy (non-hydrogen) atoms. The van der Waals surface area contributed by atoms with Crippen molar-refractivity contribution in [1.82, 2.24) is 5.32 Å². The number of fused-ring (bicyclic) bond motifs is 8. The zero-order chi connectivity index (χ0) is 29.0. The molecule has 8 aromatic rings. The van der Waals surface area contributed by atoms with Crippen molar-refractivity contribution in [1.29, 1.82) is 0 Å². The number of anilines is 2. The van der Waals surface area contributed by atoms with Crippen molar-refractivity contribution in [2.45, 2.75) is 6.54 Å². The fraction of sp³-hybridized carbons (Fsp3) is 0.0244. The predicted octanol–water partition coefficient (Wildman–Crippen LogP) is 10.8. The zero-order valence-electron chi connectivity index (χ0n) is 24.0. The lowest BCUT2D eigenvalue weighted by atomic mass is 9.96. The summed E-state index contributed by atoms with van der Waals surface area (Å²) in [5.41, 5.74) is 6.64. The SMILES string of the molecule is C1=C(N(c2ccc(-c3ccccc3)cc2)c2ccc3c(ccc4ccc5ccccc5c43)c2)NCc2oc3ccccc3c21. The van der Waals surface area contributed by atoms with Gasteiger partial charge in [-0.2, -0.15) is 0 Å². The Hall–Kier alpha value is -5.80. The second kappa shape index (κ2) is 9.89. The molecule has 0 unspecified atom stereocenters. The van der Waals surface area contributed by atoms with Gasteiger partial charge in [-0.25, -0.2) is 0 Å². The first kappa shape index (κ1) is 24.8. The molecule has 0 fully saturated rings. The summed E-state index contributed by atoms with van der Waals surface area (Å²) in [5, 5.41) is 12.4. The molecule has 0 amide bonds. The Morgan fingerprint density at radius 1 is 0.523 bits per heavy atom. The second-order valence-electron chi connectivity index (χ2n) is 11.4. The van der Waals surface area contributed by atoms with Gasteiger partial charge in [-0.15, -0.1) is 0 Å². The van der Waals surface area contributed by atoms with Crippen LogP contribution in [0.3, 0.4) is 0 Å². The number of benzene rings is 7. The van der Waals surface area contributed by atoms with E-state index in [9.17, 15) is 0 Å². The van der Waals surface area contributed by atoms with Gasteiger partial charge < -0.3 is 9.73 Å². The summed E-state index contributed by atoms with van der Waals surface area (Å²) < 4.78 is 6.20. The number of hydrogen-bond acceptors (Lipinski definition) is 3. The molecule has 0 radical (unpaired) electrons. The minimum atomic E-state index is 0.624. The van der Waals surface area contributed by atoms with Crippen LogP contribution in [0.4, 0.5) is 11.4 Å². The molecule has 1 aromatic heterocycles. The summed E-state index contributed by atoms with van der Waals surface area (Å²) in [7, 11) is 0. The van der Waals surface area contributed by atoms with E-state index in [1.807, 2.05) is 12.1 Å². The molecule has 0 aliphatic carbocycles. The fourth-order valence-corrected chi connectivity index (χ4v) is 6.73. The Bertz CT molecular complexity index is 2380. The van der Waals surface area contributed by atoms with Gasteiger partial charge in [0.05, 0.1) is 6.54 Å². The topological polar surface area (TPSA) is 28.4 Å². The average molecular weight is 565 g/mol. The molecule has 0 spiro atoms. The summed E-state index contributed by atoms with van der Waals surface area (Å²) in [6.07, 6.45) is 2.23. The van der Waals surface area contributed by atoms with Crippen LogP contribution in [0.25, 0.3) is 60.5 Å². The molecule has 0 saturated carbocycles. The number of nitrogens with one attached hydrogen (secondary N) is 1. The van der Waals surface area contributed by atoms with Crippen LogP contribution in [0.15, 0.2) is 156 Å². The van der Waals surface area contributed by atoms with E-state index < -0.39 is 0 Å². The van der Waals surface area contributed by atoms with Crippen molar-refractivity contribution in [3.63, 3.8) is 0 Å². The summed E-state index contributed by atoms with van der Waals surface area (Å²) in [4.78, 5) is 2.33. The number of hydrogen-bond donors (Lipinski definition) is 1. The zero-order valence-corrected chi connectivity index (χ0v) is 24.0. The number of nitrogens with zero attached hydrogens (tertiary/aromatic N) is 1. The second-order valence-corrected chi connectivity index (χ2v) is 11.4. The van der Waals surface area contributed by atoms with E-state index in [0.29, 0.717) is 6.54 Å². The maximum Gasteiger partial charge on any atom is 0.135 e. The summed E-state index contributed by atoms with van der Waals surface area (Å²) in [6.45, 7) is 0.624. The molecule has 1 aliphatic heterocycles. The van der Waals surface area contributed by atoms with Gasteiger partial charge in [-0.3, -0.25) is 4.90 Å². The molecular weight excluding hydrogens is 536 g/mol. The van der Waals surface area contributed by atoms with Gasteiger partial charge in [0.1, 0.15) is 17.2 Å². The van der Waals surface area contributed by atoms with E-state index in [2.05, 4.69) is 150 Å². The number of rotatable bonds is 4. The van der Waals surface area contributed by atoms with Crippen LogP contribution in [0.5, 0.6) is 0 Å². The molecule has 9 rings (SSSR count). The molecule has 3 nitrogen and oxygen atoms in total. The molecule has 2 heterocycles. The minimum absolute atomic E-state index is 0.624. The van der Waals surface area contributed by atoms with E-state index in [1.54, 1.807) is 0 Å². The number of para-hydroxylation sites is 1. The lowest BCUT2D eigenvalue weighted by Gasteiger charge is -2.30. The Kier molecular flexibility index (Phi) is 5.57. The largest absolute Gasteiger partial charge is 0.459 e. The highest BCUT2D eigenvalue weighted by molar-refractivity contribution is 6.20. The summed E-state index contributed by atoms with van der Waals surface area (Å²) in [5.74, 6) is 1.98. The molecular formula is C41H28N2O. The van der Waals surface area contributed by atoms with Crippen LogP contribution in [-0.2, 0) is 6.54 Å². The van der Waals surface area contributed by atoms with Crippen LogP contribution in [-0.4, -0.2) is 0 Å². The Labute approximate surface area is 255 Å². The maximum absolute atomic E-state index is 6.20. The number of furan rings is 1. The van der Waals surface area contributed by atoms with Gasteiger partial charge in [-0.1, -0.05) is 115 Å². The highest BCUT2D eigenvalue weighted by atomic mass is 16.3. The average Bonchev–Trinajstić information content (AvgIpc) is 3.47. The third-order valence-corrected chi connectivity index (χ3v) is 8.86. The Balaban J connectivity index is 1.23. The smallest absolute Gasteiger partial charge is 0.135 e. The van der Waals surface area contributed by atoms with Crippen molar-refractivity contribution in [3.05, 3.63) is 163 Å². The summed E-state index contributed by atoms with van der Waals surface area (Å²) >= 11 is 0. The van der Waals surface area contributed by atoms with Gasteiger partial charge in [0.25, 0.3) is 0 Å². The molecule has 208 valence electrons. The van der Waals surface area contributed by atoms with E-state index in [4.69, 9.17) is 4.42 Å². The van der Waals surface area contributed by atoms with Crippen LogP contribution in [0.2, 0.25) is 0 Å². The highest BCUT2D eigenvalue weighted by Crippen LogP contribution is 2.39. The van der Waals surface area contributed by atoms with Gasteiger partial charge in [0.15, 0.2) is 0 Å². The quantitative estimate of drug-likeness (QED) is 0.216. The van der Waals surface area contributed by atoms with Crippen molar-refractivity contribution < 1.29 is 4.42 Å². The van der Waals surface area contributed by atoms with Crippen molar-refractivity contribution in [2.75, 3.05) is 4.90 Å². The molecule has 1 aliphatic rings.